The van der Waals surface area contributed by atoms with E-state index in [0.717, 1.165) is 5.56 Å². The van der Waals surface area contributed by atoms with Crippen LogP contribution in [0, 0.1) is 12.7 Å². The van der Waals surface area contributed by atoms with Crippen molar-refractivity contribution in [2.45, 2.75) is 19.9 Å². The third-order valence-electron chi connectivity index (χ3n) is 3.10. The quantitative estimate of drug-likeness (QED) is 0.751. The molecular weight excluding hydrogens is 351 g/mol. The predicted octanol–water partition coefficient (Wildman–Crippen LogP) is 4.94. The Bertz CT molecular complexity index is 643. The van der Waals surface area contributed by atoms with Crippen LogP contribution < -0.4 is 10.6 Å². The normalized spacial score (nSPS) is 11.8. The highest BCUT2D eigenvalue weighted by molar-refractivity contribution is 9.10. The Kier molecular flexibility index (Phi) is 5.31. The van der Waals surface area contributed by atoms with Gasteiger partial charge in [0.25, 0.3) is 0 Å². The van der Waals surface area contributed by atoms with Crippen molar-refractivity contribution in [1.82, 2.24) is 5.32 Å². The summed E-state index contributed by atoms with van der Waals surface area (Å²) in [6, 6.07) is 13.1. The van der Waals surface area contributed by atoms with Gasteiger partial charge in [0.05, 0.1) is 11.7 Å². The van der Waals surface area contributed by atoms with Gasteiger partial charge in [-0.25, -0.2) is 4.39 Å². The first-order valence-electron chi connectivity index (χ1n) is 6.55. The van der Waals surface area contributed by atoms with Crippen LogP contribution in [-0.4, -0.2) is 5.11 Å². The molecule has 5 heteroatoms. The molecule has 0 fully saturated rings. The fourth-order valence-corrected chi connectivity index (χ4v) is 2.50. The molecule has 110 valence electrons. The number of benzene rings is 2. The molecule has 0 radical (unpaired) electrons. The number of anilines is 1. The van der Waals surface area contributed by atoms with Crippen molar-refractivity contribution in [2.24, 2.45) is 0 Å². The molecule has 0 aromatic heterocycles. The lowest BCUT2D eigenvalue weighted by Crippen LogP contribution is -2.31. The van der Waals surface area contributed by atoms with Crippen molar-refractivity contribution in [2.75, 3.05) is 5.32 Å². The van der Waals surface area contributed by atoms with Gasteiger partial charge in [-0.2, -0.15) is 0 Å². The number of halogens is 2. The van der Waals surface area contributed by atoms with Gasteiger partial charge in [-0.1, -0.05) is 45.8 Å². The lowest BCUT2D eigenvalue weighted by molar-refractivity contribution is 0.631. The van der Waals surface area contributed by atoms with E-state index < -0.39 is 0 Å². The van der Waals surface area contributed by atoms with Gasteiger partial charge in [0.2, 0.25) is 0 Å². The summed E-state index contributed by atoms with van der Waals surface area (Å²) in [7, 11) is 0. The van der Waals surface area contributed by atoms with Gasteiger partial charge in [0, 0.05) is 4.47 Å². The van der Waals surface area contributed by atoms with Crippen LogP contribution in [0.4, 0.5) is 10.1 Å². The predicted molar refractivity (Wildman–Crippen MR) is 93.1 cm³/mol. The van der Waals surface area contributed by atoms with Crippen LogP contribution in [0.5, 0.6) is 0 Å². The van der Waals surface area contributed by atoms with E-state index in [4.69, 9.17) is 12.2 Å². The molecule has 1 atom stereocenters. The molecular formula is C16H16BrFN2S. The van der Waals surface area contributed by atoms with Crippen molar-refractivity contribution >= 4 is 38.9 Å². The summed E-state index contributed by atoms with van der Waals surface area (Å²) in [5, 5.41) is 6.41. The van der Waals surface area contributed by atoms with Gasteiger partial charge >= 0.3 is 0 Å². The van der Waals surface area contributed by atoms with Crippen molar-refractivity contribution in [1.29, 1.82) is 0 Å². The molecule has 0 spiro atoms. The summed E-state index contributed by atoms with van der Waals surface area (Å²) >= 11 is 8.45. The maximum absolute atomic E-state index is 13.7. The van der Waals surface area contributed by atoms with Gasteiger partial charge < -0.3 is 10.6 Å². The van der Waals surface area contributed by atoms with Gasteiger partial charge in [0.15, 0.2) is 5.11 Å². The van der Waals surface area contributed by atoms with Crippen LogP contribution >= 0.6 is 28.1 Å². The monoisotopic (exact) mass is 366 g/mol. The van der Waals surface area contributed by atoms with Crippen LogP contribution in [0.1, 0.15) is 24.1 Å². The van der Waals surface area contributed by atoms with Crippen LogP contribution in [0.2, 0.25) is 0 Å². The van der Waals surface area contributed by atoms with E-state index in [1.165, 1.54) is 11.6 Å². The minimum Gasteiger partial charge on any atom is -0.356 e. The van der Waals surface area contributed by atoms with E-state index >= 15 is 0 Å². The number of hydrogen-bond acceptors (Lipinski definition) is 1. The summed E-state index contributed by atoms with van der Waals surface area (Å²) in [6.07, 6.45) is 0. The van der Waals surface area contributed by atoms with Crippen molar-refractivity contribution < 1.29 is 4.39 Å². The SMILES string of the molecule is Cc1ccc([C@H](C)NC(=S)Nc2ccc(Br)cc2F)cc1. The summed E-state index contributed by atoms with van der Waals surface area (Å²) in [4.78, 5) is 0. The van der Waals surface area contributed by atoms with E-state index in [-0.39, 0.29) is 11.9 Å². The van der Waals surface area contributed by atoms with E-state index in [1.54, 1.807) is 12.1 Å². The van der Waals surface area contributed by atoms with Gasteiger partial charge in [-0.3, -0.25) is 0 Å². The lowest BCUT2D eigenvalue weighted by atomic mass is 10.1. The highest BCUT2D eigenvalue weighted by atomic mass is 79.9. The molecule has 21 heavy (non-hydrogen) atoms. The Morgan fingerprint density at radius 3 is 2.48 bits per heavy atom. The van der Waals surface area contributed by atoms with Crippen LogP contribution in [-0.2, 0) is 0 Å². The maximum atomic E-state index is 13.7. The Balaban J connectivity index is 1.99. The van der Waals surface area contributed by atoms with E-state index in [2.05, 4.69) is 50.8 Å². The second kappa shape index (κ2) is 7.00. The van der Waals surface area contributed by atoms with Gasteiger partial charge in [0.1, 0.15) is 5.82 Å². The number of nitrogens with one attached hydrogen (secondary N) is 2. The molecule has 2 N–H and O–H groups in total. The summed E-state index contributed by atoms with van der Waals surface area (Å²) in [6.45, 7) is 4.06. The molecule has 0 bridgehead atoms. The Morgan fingerprint density at radius 1 is 1.19 bits per heavy atom. The Labute approximate surface area is 137 Å². The first-order chi connectivity index (χ1) is 9.95. The van der Waals surface area contributed by atoms with E-state index in [0.29, 0.717) is 15.3 Å². The molecule has 0 amide bonds. The molecule has 2 nitrogen and oxygen atoms in total. The van der Waals surface area contributed by atoms with Crippen LogP contribution in [0.3, 0.4) is 0 Å². The summed E-state index contributed by atoms with van der Waals surface area (Å²) in [5.74, 6) is -0.350. The third kappa shape index (κ3) is 4.51. The van der Waals surface area contributed by atoms with Crippen molar-refractivity contribution in [3.63, 3.8) is 0 Å². The number of aryl methyl sites for hydroxylation is 1. The van der Waals surface area contributed by atoms with Gasteiger partial charge in [-0.15, -0.1) is 0 Å². The lowest BCUT2D eigenvalue weighted by Gasteiger charge is -2.18. The average Bonchev–Trinajstić information content (AvgIpc) is 2.42. The fourth-order valence-electron chi connectivity index (χ4n) is 1.88. The minimum atomic E-state index is -0.350. The number of thiocarbonyl (C=S) groups is 1. The zero-order valence-electron chi connectivity index (χ0n) is 11.8. The van der Waals surface area contributed by atoms with Crippen molar-refractivity contribution in [3.8, 4) is 0 Å². The molecule has 2 aromatic rings. The molecule has 0 unspecified atom stereocenters. The third-order valence-corrected chi connectivity index (χ3v) is 3.82. The Morgan fingerprint density at radius 2 is 1.86 bits per heavy atom. The smallest absolute Gasteiger partial charge is 0.171 e. The molecule has 0 saturated heterocycles. The Hall–Kier alpha value is -1.46. The maximum Gasteiger partial charge on any atom is 0.171 e. The molecule has 2 rings (SSSR count). The van der Waals surface area contributed by atoms with E-state index in [9.17, 15) is 4.39 Å². The van der Waals surface area contributed by atoms with Crippen LogP contribution in [0.25, 0.3) is 0 Å². The van der Waals surface area contributed by atoms with Crippen LogP contribution in [0.15, 0.2) is 46.9 Å². The fraction of sp³-hybridized carbons (Fsp3) is 0.188. The molecule has 0 aliphatic heterocycles. The molecule has 0 heterocycles. The first kappa shape index (κ1) is 15.9. The largest absolute Gasteiger partial charge is 0.356 e. The second-order valence-corrected chi connectivity index (χ2v) is 6.18. The average molecular weight is 367 g/mol. The second-order valence-electron chi connectivity index (χ2n) is 4.86. The summed E-state index contributed by atoms with van der Waals surface area (Å²) in [5.41, 5.74) is 2.69. The zero-order valence-corrected chi connectivity index (χ0v) is 14.2. The summed E-state index contributed by atoms with van der Waals surface area (Å²) < 4.78 is 14.4. The minimum absolute atomic E-state index is 0.0455. The van der Waals surface area contributed by atoms with E-state index in [1.807, 2.05) is 13.8 Å². The zero-order chi connectivity index (χ0) is 15.4. The number of rotatable bonds is 3. The molecule has 2 aromatic carbocycles. The standard InChI is InChI=1S/C16H16BrFN2S/c1-10-3-5-12(6-4-10)11(2)19-16(21)20-15-8-7-13(17)9-14(15)18/h3-9,11H,1-2H3,(H2,19,20,21)/t11-/m0/s1. The topological polar surface area (TPSA) is 24.1 Å². The van der Waals surface area contributed by atoms with Crippen molar-refractivity contribution in [3.05, 3.63) is 63.9 Å². The van der Waals surface area contributed by atoms with Gasteiger partial charge in [-0.05, 0) is 49.8 Å². The molecule has 0 aliphatic rings. The molecule has 0 saturated carbocycles. The first-order valence-corrected chi connectivity index (χ1v) is 7.75. The number of hydrogen-bond donors (Lipinski definition) is 2. The molecule has 0 aliphatic carbocycles. The highest BCUT2D eigenvalue weighted by Crippen LogP contribution is 2.20. The highest BCUT2D eigenvalue weighted by Gasteiger charge is 2.09.